The van der Waals surface area contributed by atoms with E-state index in [1.165, 1.54) is 12.8 Å². The molecule has 0 saturated carbocycles. The molecule has 5 heteroatoms. The SMILES string of the molecule is Cc1ccc(Sc2ccc(C(=O)NC3CC4CCC3N4)cc2)nc1. The third-order valence-electron chi connectivity index (χ3n) is 4.84. The number of hydrogen-bond donors (Lipinski definition) is 2. The molecule has 2 aliphatic heterocycles. The molecule has 0 spiro atoms. The lowest BCUT2D eigenvalue weighted by Gasteiger charge is -2.21. The highest BCUT2D eigenvalue weighted by molar-refractivity contribution is 7.99. The van der Waals surface area contributed by atoms with Crippen molar-refractivity contribution in [3.05, 3.63) is 53.7 Å². The summed E-state index contributed by atoms with van der Waals surface area (Å²) in [6.45, 7) is 2.03. The van der Waals surface area contributed by atoms with Gasteiger partial charge < -0.3 is 10.6 Å². The monoisotopic (exact) mass is 339 g/mol. The van der Waals surface area contributed by atoms with Crippen LogP contribution < -0.4 is 10.6 Å². The topological polar surface area (TPSA) is 54.0 Å². The van der Waals surface area contributed by atoms with Crippen LogP contribution in [-0.2, 0) is 0 Å². The van der Waals surface area contributed by atoms with E-state index in [4.69, 9.17) is 0 Å². The van der Waals surface area contributed by atoms with Crippen LogP contribution in [0, 0.1) is 6.92 Å². The Kier molecular flexibility index (Phi) is 4.29. The van der Waals surface area contributed by atoms with E-state index >= 15 is 0 Å². The quantitative estimate of drug-likeness (QED) is 0.898. The van der Waals surface area contributed by atoms with Crippen LogP contribution in [0.2, 0.25) is 0 Å². The number of benzene rings is 1. The van der Waals surface area contributed by atoms with Crippen molar-refractivity contribution in [2.24, 2.45) is 0 Å². The molecule has 3 atom stereocenters. The molecule has 4 nitrogen and oxygen atoms in total. The number of fused-ring (bicyclic) bond motifs is 2. The Morgan fingerprint density at radius 1 is 1.21 bits per heavy atom. The van der Waals surface area contributed by atoms with E-state index in [9.17, 15) is 4.79 Å². The van der Waals surface area contributed by atoms with Gasteiger partial charge in [-0.3, -0.25) is 4.79 Å². The molecule has 2 saturated heterocycles. The summed E-state index contributed by atoms with van der Waals surface area (Å²) in [7, 11) is 0. The number of aryl methyl sites for hydroxylation is 1. The molecule has 2 fully saturated rings. The average molecular weight is 339 g/mol. The number of hydrogen-bond acceptors (Lipinski definition) is 4. The van der Waals surface area contributed by atoms with Crippen LogP contribution in [0.25, 0.3) is 0 Å². The summed E-state index contributed by atoms with van der Waals surface area (Å²) in [6.07, 6.45) is 5.35. The minimum absolute atomic E-state index is 0.0272. The van der Waals surface area contributed by atoms with E-state index in [0.717, 1.165) is 27.5 Å². The Hall–Kier alpha value is -1.85. The standard InChI is InChI=1S/C19H21N3OS/c1-12-2-9-18(20-11-12)24-15-6-3-13(4-7-15)19(23)22-17-10-14-5-8-16(17)21-14/h2-4,6-7,9,11,14,16-17,21H,5,8,10H2,1H3,(H,22,23). The van der Waals surface area contributed by atoms with Gasteiger partial charge in [-0.2, -0.15) is 0 Å². The summed E-state index contributed by atoms with van der Waals surface area (Å²) in [5, 5.41) is 7.70. The van der Waals surface area contributed by atoms with E-state index in [1.54, 1.807) is 11.8 Å². The second-order valence-electron chi connectivity index (χ2n) is 6.66. The zero-order valence-electron chi connectivity index (χ0n) is 13.7. The van der Waals surface area contributed by atoms with Crippen LogP contribution in [0.4, 0.5) is 0 Å². The van der Waals surface area contributed by atoms with Crippen LogP contribution in [0.15, 0.2) is 52.5 Å². The first kappa shape index (κ1) is 15.7. The van der Waals surface area contributed by atoms with Crippen molar-refractivity contribution in [1.82, 2.24) is 15.6 Å². The maximum atomic E-state index is 12.4. The fraction of sp³-hybridized carbons (Fsp3) is 0.368. The van der Waals surface area contributed by atoms with Crippen molar-refractivity contribution in [1.29, 1.82) is 0 Å². The molecule has 2 aromatic rings. The van der Waals surface area contributed by atoms with Gasteiger partial charge >= 0.3 is 0 Å². The van der Waals surface area contributed by atoms with Crippen molar-refractivity contribution in [3.8, 4) is 0 Å². The number of carbonyl (C=O) groups is 1. The number of amides is 1. The summed E-state index contributed by atoms with van der Waals surface area (Å²) < 4.78 is 0. The van der Waals surface area contributed by atoms with Crippen LogP contribution in [-0.4, -0.2) is 29.0 Å². The Labute approximate surface area is 146 Å². The predicted molar refractivity (Wildman–Crippen MR) is 95.4 cm³/mol. The largest absolute Gasteiger partial charge is 0.348 e. The maximum absolute atomic E-state index is 12.4. The summed E-state index contributed by atoms with van der Waals surface area (Å²) in [5.41, 5.74) is 1.88. The summed E-state index contributed by atoms with van der Waals surface area (Å²) >= 11 is 1.61. The highest BCUT2D eigenvalue weighted by Crippen LogP contribution is 2.29. The first-order chi connectivity index (χ1) is 11.7. The molecular weight excluding hydrogens is 318 g/mol. The zero-order chi connectivity index (χ0) is 16.5. The average Bonchev–Trinajstić information content (AvgIpc) is 3.20. The van der Waals surface area contributed by atoms with E-state index < -0.39 is 0 Å². The molecular formula is C19H21N3OS. The first-order valence-electron chi connectivity index (χ1n) is 8.45. The third-order valence-corrected chi connectivity index (χ3v) is 5.80. The van der Waals surface area contributed by atoms with Gasteiger partial charge in [0.1, 0.15) is 5.03 Å². The van der Waals surface area contributed by atoms with Gasteiger partial charge in [0.25, 0.3) is 5.91 Å². The lowest BCUT2D eigenvalue weighted by Crippen LogP contribution is -2.42. The number of carbonyl (C=O) groups excluding carboxylic acids is 1. The summed E-state index contributed by atoms with van der Waals surface area (Å²) in [5.74, 6) is 0.0272. The normalized spacial score (nSPS) is 25.0. The summed E-state index contributed by atoms with van der Waals surface area (Å²) in [4.78, 5) is 17.9. The molecule has 2 bridgehead atoms. The van der Waals surface area contributed by atoms with Crippen LogP contribution >= 0.6 is 11.8 Å². The lowest BCUT2D eigenvalue weighted by molar-refractivity contribution is 0.0931. The first-order valence-corrected chi connectivity index (χ1v) is 9.26. The molecule has 0 radical (unpaired) electrons. The van der Waals surface area contributed by atoms with Gasteiger partial charge in [0.2, 0.25) is 0 Å². The molecule has 0 aliphatic carbocycles. The third kappa shape index (κ3) is 3.32. The van der Waals surface area contributed by atoms with Crippen molar-refractivity contribution >= 4 is 17.7 Å². The highest BCUT2D eigenvalue weighted by Gasteiger charge is 2.39. The predicted octanol–water partition coefficient (Wildman–Crippen LogP) is 3.16. The maximum Gasteiger partial charge on any atom is 0.251 e. The molecule has 1 aromatic heterocycles. The van der Waals surface area contributed by atoms with Crippen LogP contribution in [0.1, 0.15) is 35.2 Å². The Balaban J connectivity index is 1.38. The molecule has 3 unspecified atom stereocenters. The van der Waals surface area contributed by atoms with Gasteiger partial charge in [-0.25, -0.2) is 4.98 Å². The Morgan fingerprint density at radius 2 is 2.04 bits per heavy atom. The molecule has 1 amide bonds. The molecule has 2 N–H and O–H groups in total. The van der Waals surface area contributed by atoms with Crippen molar-refractivity contribution < 1.29 is 4.79 Å². The van der Waals surface area contributed by atoms with Gasteiger partial charge in [-0.15, -0.1) is 0 Å². The lowest BCUT2D eigenvalue weighted by atomic mass is 9.95. The van der Waals surface area contributed by atoms with Crippen molar-refractivity contribution in [2.45, 2.75) is 54.2 Å². The molecule has 124 valence electrons. The van der Waals surface area contributed by atoms with E-state index in [-0.39, 0.29) is 11.9 Å². The molecule has 2 aliphatic rings. The Bertz CT molecular complexity index is 729. The second-order valence-corrected chi connectivity index (χ2v) is 7.76. The fourth-order valence-electron chi connectivity index (χ4n) is 3.55. The molecule has 24 heavy (non-hydrogen) atoms. The molecule has 4 rings (SSSR count). The van der Waals surface area contributed by atoms with Gasteiger partial charge in [0.05, 0.1) is 0 Å². The van der Waals surface area contributed by atoms with E-state index in [1.807, 2.05) is 43.5 Å². The van der Waals surface area contributed by atoms with Gasteiger partial charge in [0.15, 0.2) is 0 Å². The fourth-order valence-corrected chi connectivity index (χ4v) is 4.30. The minimum Gasteiger partial charge on any atom is -0.348 e. The van der Waals surface area contributed by atoms with Crippen molar-refractivity contribution in [3.63, 3.8) is 0 Å². The van der Waals surface area contributed by atoms with Crippen molar-refractivity contribution in [2.75, 3.05) is 0 Å². The number of nitrogens with one attached hydrogen (secondary N) is 2. The van der Waals surface area contributed by atoms with E-state index in [0.29, 0.717) is 12.1 Å². The van der Waals surface area contributed by atoms with Crippen LogP contribution in [0.5, 0.6) is 0 Å². The number of pyridine rings is 1. The van der Waals surface area contributed by atoms with Gasteiger partial charge in [-0.05, 0) is 62.1 Å². The minimum atomic E-state index is 0.0272. The summed E-state index contributed by atoms with van der Waals surface area (Å²) in [6, 6.07) is 13.2. The highest BCUT2D eigenvalue weighted by atomic mass is 32.2. The van der Waals surface area contributed by atoms with Crippen LogP contribution in [0.3, 0.4) is 0 Å². The number of aromatic nitrogens is 1. The van der Waals surface area contributed by atoms with Gasteiger partial charge in [-0.1, -0.05) is 17.8 Å². The second kappa shape index (κ2) is 6.57. The number of nitrogens with zero attached hydrogens (tertiary/aromatic N) is 1. The van der Waals surface area contributed by atoms with E-state index in [2.05, 4.69) is 21.7 Å². The molecule has 3 heterocycles. The molecule has 1 aromatic carbocycles. The smallest absolute Gasteiger partial charge is 0.251 e. The Morgan fingerprint density at radius 3 is 2.67 bits per heavy atom. The van der Waals surface area contributed by atoms with Gasteiger partial charge in [0, 0.05) is 34.8 Å². The number of rotatable bonds is 4. The zero-order valence-corrected chi connectivity index (χ0v) is 14.5.